The first-order chi connectivity index (χ1) is 12.5. The zero-order valence-corrected chi connectivity index (χ0v) is 18.6. The minimum atomic E-state index is -0.461. The van der Waals surface area contributed by atoms with Gasteiger partial charge in [-0.05, 0) is 43.7 Å². The number of aryl methyl sites for hydroxylation is 1. The fourth-order valence-corrected chi connectivity index (χ4v) is 4.70. The Bertz CT molecular complexity index is 667. The van der Waals surface area contributed by atoms with Crippen molar-refractivity contribution in [3.05, 3.63) is 16.5 Å². The molecule has 3 atom stereocenters. The quantitative estimate of drug-likeness (QED) is 0.790. The second-order valence-electron chi connectivity index (χ2n) is 9.37. The number of thiophene rings is 1. The predicted octanol–water partition coefficient (Wildman–Crippen LogP) is 4.14. The summed E-state index contributed by atoms with van der Waals surface area (Å²) in [6.45, 7) is 17.3. The van der Waals surface area contributed by atoms with Gasteiger partial charge in [0.15, 0.2) is 0 Å². The van der Waals surface area contributed by atoms with Crippen LogP contribution in [0.3, 0.4) is 0 Å². The number of anilines is 1. The van der Waals surface area contributed by atoms with Crippen LogP contribution >= 0.6 is 11.3 Å². The van der Waals surface area contributed by atoms with E-state index in [9.17, 15) is 9.59 Å². The van der Waals surface area contributed by atoms with Gasteiger partial charge in [0, 0.05) is 31.1 Å². The molecule has 152 valence electrons. The van der Waals surface area contributed by atoms with E-state index in [2.05, 4.69) is 36.3 Å². The number of nitrogens with zero attached hydrogens (tertiary/aromatic N) is 1. The molecule has 1 aliphatic heterocycles. The molecule has 0 saturated carbocycles. The van der Waals surface area contributed by atoms with Gasteiger partial charge in [0.05, 0.1) is 9.88 Å². The Morgan fingerprint density at radius 2 is 1.85 bits per heavy atom. The number of rotatable bonds is 5. The van der Waals surface area contributed by atoms with Crippen LogP contribution in [0.2, 0.25) is 0 Å². The van der Waals surface area contributed by atoms with Crippen molar-refractivity contribution in [3.63, 3.8) is 0 Å². The normalized spacial score (nSPS) is 22.3. The molecule has 1 fully saturated rings. The van der Waals surface area contributed by atoms with Crippen molar-refractivity contribution in [3.8, 4) is 0 Å². The lowest BCUT2D eigenvalue weighted by Gasteiger charge is -2.36. The van der Waals surface area contributed by atoms with E-state index in [1.807, 2.05) is 33.8 Å². The SMILES string of the molecule is Cc1cc(NC(=O)C(C)(C)C)sc1C(=O)NC(C)CN1CC(C)CC(C)C1. The molecule has 2 rings (SSSR count). The third kappa shape index (κ3) is 6.32. The lowest BCUT2D eigenvalue weighted by molar-refractivity contribution is -0.123. The zero-order valence-electron chi connectivity index (χ0n) is 17.8. The summed E-state index contributed by atoms with van der Waals surface area (Å²) >= 11 is 1.34. The molecule has 27 heavy (non-hydrogen) atoms. The van der Waals surface area contributed by atoms with Crippen molar-refractivity contribution < 1.29 is 9.59 Å². The number of carbonyl (C=O) groups is 2. The van der Waals surface area contributed by atoms with Crippen LogP contribution in [-0.2, 0) is 4.79 Å². The number of nitrogens with one attached hydrogen (secondary N) is 2. The van der Waals surface area contributed by atoms with Gasteiger partial charge in [-0.25, -0.2) is 0 Å². The highest BCUT2D eigenvalue weighted by Crippen LogP contribution is 2.28. The molecule has 1 aromatic heterocycles. The van der Waals surface area contributed by atoms with Crippen molar-refractivity contribution in [2.75, 3.05) is 25.0 Å². The van der Waals surface area contributed by atoms with Crippen LogP contribution in [-0.4, -0.2) is 42.4 Å². The van der Waals surface area contributed by atoms with Crippen molar-refractivity contribution in [1.29, 1.82) is 0 Å². The summed E-state index contributed by atoms with van der Waals surface area (Å²) in [5.41, 5.74) is 0.437. The summed E-state index contributed by atoms with van der Waals surface area (Å²) in [6.07, 6.45) is 1.29. The van der Waals surface area contributed by atoms with Crippen LogP contribution in [0.25, 0.3) is 0 Å². The number of piperidine rings is 1. The molecule has 0 aromatic carbocycles. The summed E-state index contributed by atoms with van der Waals surface area (Å²) in [4.78, 5) is 28.0. The molecule has 0 aliphatic carbocycles. The summed E-state index contributed by atoms with van der Waals surface area (Å²) < 4.78 is 0. The smallest absolute Gasteiger partial charge is 0.261 e. The van der Waals surface area contributed by atoms with Gasteiger partial charge < -0.3 is 15.5 Å². The topological polar surface area (TPSA) is 61.4 Å². The van der Waals surface area contributed by atoms with Crippen LogP contribution in [0, 0.1) is 24.2 Å². The highest BCUT2D eigenvalue weighted by Gasteiger charge is 2.25. The average molecular weight is 394 g/mol. The Kier molecular flexibility index (Phi) is 7.09. The lowest BCUT2D eigenvalue weighted by atomic mass is 9.92. The molecule has 2 amide bonds. The molecule has 5 nitrogen and oxygen atoms in total. The Morgan fingerprint density at radius 3 is 2.41 bits per heavy atom. The van der Waals surface area contributed by atoms with E-state index in [4.69, 9.17) is 0 Å². The van der Waals surface area contributed by atoms with E-state index in [-0.39, 0.29) is 17.9 Å². The Morgan fingerprint density at radius 1 is 1.26 bits per heavy atom. The van der Waals surface area contributed by atoms with E-state index in [0.717, 1.165) is 30.2 Å². The summed E-state index contributed by atoms with van der Waals surface area (Å²) in [5.74, 6) is 1.33. The van der Waals surface area contributed by atoms with Crippen molar-refractivity contribution in [1.82, 2.24) is 10.2 Å². The van der Waals surface area contributed by atoms with Crippen LogP contribution in [0.1, 0.15) is 63.2 Å². The second-order valence-corrected chi connectivity index (χ2v) is 10.4. The van der Waals surface area contributed by atoms with E-state index in [0.29, 0.717) is 16.7 Å². The number of hydrogen-bond acceptors (Lipinski definition) is 4. The first-order valence-corrected chi connectivity index (χ1v) is 10.7. The molecular weight excluding hydrogens is 358 g/mol. The number of hydrogen-bond donors (Lipinski definition) is 2. The molecule has 3 unspecified atom stereocenters. The highest BCUT2D eigenvalue weighted by molar-refractivity contribution is 7.18. The second kappa shape index (κ2) is 8.74. The minimum Gasteiger partial charge on any atom is -0.348 e. The predicted molar refractivity (Wildman–Crippen MR) is 113 cm³/mol. The van der Waals surface area contributed by atoms with Gasteiger partial charge in [-0.3, -0.25) is 9.59 Å². The number of carbonyl (C=O) groups excluding carboxylic acids is 2. The molecule has 0 spiro atoms. The Balaban J connectivity index is 1.94. The van der Waals surface area contributed by atoms with Gasteiger partial charge in [0.1, 0.15) is 0 Å². The standard InChI is InChI=1S/C21H35N3O2S/c1-13-8-14(2)11-24(10-13)12-16(4)22-19(25)18-15(3)9-17(27-18)23-20(26)21(5,6)7/h9,13-14,16H,8,10-12H2,1-7H3,(H,22,25)(H,23,26). The molecule has 1 aliphatic rings. The van der Waals surface area contributed by atoms with Crippen LogP contribution in [0.4, 0.5) is 5.00 Å². The number of likely N-dealkylation sites (tertiary alicyclic amines) is 1. The van der Waals surface area contributed by atoms with Crippen LogP contribution < -0.4 is 10.6 Å². The van der Waals surface area contributed by atoms with Gasteiger partial charge in [0.25, 0.3) is 5.91 Å². The molecule has 0 bridgehead atoms. The highest BCUT2D eigenvalue weighted by atomic mass is 32.1. The molecule has 1 saturated heterocycles. The van der Waals surface area contributed by atoms with Crippen molar-refractivity contribution in [2.45, 2.75) is 60.9 Å². The lowest BCUT2D eigenvalue weighted by Crippen LogP contribution is -2.46. The van der Waals surface area contributed by atoms with E-state index >= 15 is 0 Å². The number of amides is 2. The Labute approximate surface area is 167 Å². The van der Waals surface area contributed by atoms with Crippen LogP contribution in [0.5, 0.6) is 0 Å². The first-order valence-electron chi connectivity index (χ1n) is 9.90. The van der Waals surface area contributed by atoms with Crippen LogP contribution in [0.15, 0.2) is 6.07 Å². The molecule has 2 heterocycles. The fraction of sp³-hybridized carbons (Fsp3) is 0.714. The molecule has 0 radical (unpaired) electrons. The van der Waals surface area contributed by atoms with Gasteiger partial charge in [-0.15, -0.1) is 11.3 Å². The molecule has 6 heteroatoms. The fourth-order valence-electron chi connectivity index (χ4n) is 3.73. The Hall–Kier alpha value is -1.40. The van der Waals surface area contributed by atoms with Gasteiger partial charge in [-0.2, -0.15) is 0 Å². The maximum atomic E-state index is 12.7. The average Bonchev–Trinajstić information content (AvgIpc) is 2.85. The minimum absolute atomic E-state index is 0.0441. The van der Waals surface area contributed by atoms with Gasteiger partial charge in [0.2, 0.25) is 5.91 Å². The molecule has 1 aromatic rings. The third-order valence-corrected chi connectivity index (χ3v) is 6.05. The van der Waals surface area contributed by atoms with E-state index < -0.39 is 5.41 Å². The molecular formula is C21H35N3O2S. The summed E-state index contributed by atoms with van der Waals surface area (Å²) in [7, 11) is 0. The maximum absolute atomic E-state index is 12.7. The van der Waals surface area contributed by atoms with Crippen molar-refractivity contribution >= 4 is 28.2 Å². The van der Waals surface area contributed by atoms with Crippen molar-refractivity contribution in [2.24, 2.45) is 17.3 Å². The van der Waals surface area contributed by atoms with E-state index in [1.165, 1.54) is 17.8 Å². The monoisotopic (exact) mass is 393 g/mol. The largest absolute Gasteiger partial charge is 0.348 e. The van der Waals surface area contributed by atoms with E-state index in [1.54, 1.807) is 0 Å². The summed E-state index contributed by atoms with van der Waals surface area (Å²) in [5, 5.41) is 6.77. The summed E-state index contributed by atoms with van der Waals surface area (Å²) in [6, 6.07) is 1.96. The van der Waals surface area contributed by atoms with Gasteiger partial charge >= 0.3 is 0 Å². The zero-order chi connectivity index (χ0) is 20.4. The molecule has 2 N–H and O–H groups in total. The first kappa shape index (κ1) is 21.9. The third-order valence-electron chi connectivity index (χ3n) is 4.90. The maximum Gasteiger partial charge on any atom is 0.261 e. The van der Waals surface area contributed by atoms with Gasteiger partial charge in [-0.1, -0.05) is 34.6 Å².